The Hall–Kier alpha value is -2.04. The summed E-state index contributed by atoms with van der Waals surface area (Å²) in [6.45, 7) is 2.57. The van der Waals surface area contributed by atoms with Crippen LogP contribution in [0.2, 0.25) is 5.02 Å². The van der Waals surface area contributed by atoms with Crippen LogP contribution in [0.4, 0.5) is 0 Å². The fourth-order valence-electron chi connectivity index (χ4n) is 3.35. The molecule has 1 amide bonds. The van der Waals surface area contributed by atoms with Crippen molar-refractivity contribution in [3.8, 4) is 5.75 Å². The van der Waals surface area contributed by atoms with Crippen molar-refractivity contribution in [1.29, 1.82) is 0 Å². The maximum absolute atomic E-state index is 12.6. The lowest BCUT2D eigenvalue weighted by molar-refractivity contribution is 0.0935. The minimum absolute atomic E-state index is 0.0786. The summed E-state index contributed by atoms with van der Waals surface area (Å²) in [6, 6.07) is 15.2. The van der Waals surface area contributed by atoms with E-state index >= 15 is 0 Å². The Morgan fingerprint density at radius 1 is 1.16 bits per heavy atom. The van der Waals surface area contributed by atoms with Crippen molar-refractivity contribution in [3.05, 3.63) is 64.7 Å². The summed E-state index contributed by atoms with van der Waals surface area (Å²) in [5.41, 5.74) is 1.61. The molecular formula is C20H23ClN2O2. The van der Waals surface area contributed by atoms with E-state index in [1.807, 2.05) is 36.4 Å². The third kappa shape index (κ3) is 4.14. The second kappa shape index (κ2) is 8.37. The first kappa shape index (κ1) is 17.8. The number of amides is 1. The Morgan fingerprint density at radius 3 is 2.56 bits per heavy atom. The van der Waals surface area contributed by atoms with Gasteiger partial charge in [0.1, 0.15) is 5.75 Å². The lowest BCUT2D eigenvalue weighted by atomic mass is 10.0. The monoisotopic (exact) mass is 358 g/mol. The van der Waals surface area contributed by atoms with Crippen molar-refractivity contribution in [2.75, 3.05) is 26.7 Å². The molecule has 3 rings (SSSR count). The molecule has 0 aliphatic carbocycles. The van der Waals surface area contributed by atoms with Crippen LogP contribution in [0.25, 0.3) is 0 Å². The fourth-order valence-corrected chi connectivity index (χ4v) is 3.61. The lowest BCUT2D eigenvalue weighted by Crippen LogP contribution is -2.37. The van der Waals surface area contributed by atoms with Gasteiger partial charge in [-0.05, 0) is 49.7 Å². The van der Waals surface area contributed by atoms with Gasteiger partial charge in [0.05, 0.1) is 18.7 Å². The standard InChI is InChI=1S/C20H23ClN2O2/c1-25-19-11-5-3-9-16(19)20(24)22-14-18(23-12-6-7-13-23)15-8-2-4-10-17(15)21/h2-5,8-11,18H,6-7,12-14H2,1H3,(H,22,24)/t18-/m1/s1. The molecule has 5 heteroatoms. The maximum atomic E-state index is 12.6. The van der Waals surface area contributed by atoms with E-state index < -0.39 is 0 Å². The summed E-state index contributed by atoms with van der Waals surface area (Å²) >= 11 is 6.42. The zero-order valence-electron chi connectivity index (χ0n) is 14.4. The van der Waals surface area contributed by atoms with E-state index in [-0.39, 0.29) is 11.9 Å². The Labute approximate surface area is 153 Å². The van der Waals surface area contributed by atoms with Crippen molar-refractivity contribution in [2.45, 2.75) is 18.9 Å². The number of carbonyl (C=O) groups excluding carboxylic acids is 1. The number of para-hydroxylation sites is 1. The van der Waals surface area contributed by atoms with Crippen LogP contribution in [0.3, 0.4) is 0 Å². The molecule has 0 aromatic heterocycles. The van der Waals surface area contributed by atoms with Crippen LogP contribution in [0.1, 0.15) is 34.8 Å². The van der Waals surface area contributed by atoms with Gasteiger partial charge in [0, 0.05) is 11.6 Å². The Balaban J connectivity index is 1.77. The van der Waals surface area contributed by atoms with E-state index in [4.69, 9.17) is 16.3 Å². The van der Waals surface area contributed by atoms with Crippen LogP contribution >= 0.6 is 11.6 Å². The van der Waals surface area contributed by atoms with E-state index in [2.05, 4.69) is 10.2 Å². The Bertz CT molecular complexity index is 729. The van der Waals surface area contributed by atoms with Crippen molar-refractivity contribution in [3.63, 3.8) is 0 Å². The van der Waals surface area contributed by atoms with Crippen molar-refractivity contribution < 1.29 is 9.53 Å². The van der Waals surface area contributed by atoms with E-state index in [0.717, 1.165) is 23.7 Å². The second-order valence-corrected chi connectivity index (χ2v) is 6.60. The van der Waals surface area contributed by atoms with Gasteiger partial charge in [0.25, 0.3) is 5.91 Å². The molecule has 1 atom stereocenters. The number of hydrogen-bond donors (Lipinski definition) is 1. The molecule has 1 N–H and O–H groups in total. The van der Waals surface area contributed by atoms with Crippen molar-refractivity contribution in [1.82, 2.24) is 10.2 Å². The van der Waals surface area contributed by atoms with Gasteiger partial charge in [-0.3, -0.25) is 9.69 Å². The fraction of sp³-hybridized carbons (Fsp3) is 0.350. The number of nitrogens with zero attached hydrogens (tertiary/aromatic N) is 1. The van der Waals surface area contributed by atoms with Crippen molar-refractivity contribution in [2.24, 2.45) is 0 Å². The first-order chi connectivity index (χ1) is 12.2. The summed E-state index contributed by atoms with van der Waals surface area (Å²) in [6.07, 6.45) is 2.36. The Morgan fingerprint density at radius 2 is 1.84 bits per heavy atom. The average molecular weight is 359 g/mol. The first-order valence-corrected chi connectivity index (χ1v) is 8.98. The van der Waals surface area contributed by atoms with Crippen LogP contribution in [-0.4, -0.2) is 37.6 Å². The summed E-state index contributed by atoms with van der Waals surface area (Å²) in [5, 5.41) is 3.80. The van der Waals surface area contributed by atoms with E-state index in [1.165, 1.54) is 12.8 Å². The number of halogens is 1. The molecule has 25 heavy (non-hydrogen) atoms. The van der Waals surface area contributed by atoms with Gasteiger partial charge in [-0.1, -0.05) is 41.9 Å². The molecule has 2 aromatic rings. The van der Waals surface area contributed by atoms with Gasteiger partial charge in [-0.2, -0.15) is 0 Å². The van der Waals surface area contributed by atoms with Crippen molar-refractivity contribution >= 4 is 17.5 Å². The zero-order chi connectivity index (χ0) is 17.6. The van der Waals surface area contributed by atoms with Crippen LogP contribution in [0.15, 0.2) is 48.5 Å². The maximum Gasteiger partial charge on any atom is 0.255 e. The minimum Gasteiger partial charge on any atom is -0.496 e. The predicted octanol–water partition coefficient (Wildman–Crippen LogP) is 3.92. The third-order valence-electron chi connectivity index (χ3n) is 4.65. The number of hydrogen-bond acceptors (Lipinski definition) is 3. The first-order valence-electron chi connectivity index (χ1n) is 8.60. The summed E-state index contributed by atoms with van der Waals surface area (Å²) < 4.78 is 5.28. The summed E-state index contributed by atoms with van der Waals surface area (Å²) in [7, 11) is 1.57. The molecule has 0 saturated carbocycles. The molecule has 0 spiro atoms. The highest BCUT2D eigenvalue weighted by molar-refractivity contribution is 6.31. The number of methoxy groups -OCH3 is 1. The predicted molar refractivity (Wildman–Crippen MR) is 100 cm³/mol. The normalized spacial score (nSPS) is 15.8. The van der Waals surface area contributed by atoms with Gasteiger partial charge in [-0.25, -0.2) is 0 Å². The van der Waals surface area contributed by atoms with Gasteiger partial charge in [0.2, 0.25) is 0 Å². The topological polar surface area (TPSA) is 41.6 Å². The lowest BCUT2D eigenvalue weighted by Gasteiger charge is -2.29. The summed E-state index contributed by atoms with van der Waals surface area (Å²) in [4.78, 5) is 15.0. The van der Waals surface area contributed by atoms with Gasteiger partial charge in [0.15, 0.2) is 0 Å². The van der Waals surface area contributed by atoms with E-state index in [9.17, 15) is 4.79 Å². The smallest absolute Gasteiger partial charge is 0.255 e. The molecule has 4 nitrogen and oxygen atoms in total. The van der Waals surface area contributed by atoms with Crippen LogP contribution in [-0.2, 0) is 0 Å². The number of likely N-dealkylation sites (tertiary alicyclic amines) is 1. The highest BCUT2D eigenvalue weighted by atomic mass is 35.5. The number of carbonyl (C=O) groups is 1. The summed E-state index contributed by atoms with van der Waals surface area (Å²) in [5.74, 6) is 0.448. The molecule has 132 valence electrons. The van der Waals surface area contributed by atoms with Gasteiger partial charge < -0.3 is 10.1 Å². The average Bonchev–Trinajstić information content (AvgIpc) is 3.17. The van der Waals surface area contributed by atoms with Gasteiger partial charge in [-0.15, -0.1) is 0 Å². The molecule has 1 saturated heterocycles. The van der Waals surface area contributed by atoms with Gasteiger partial charge >= 0.3 is 0 Å². The largest absolute Gasteiger partial charge is 0.496 e. The molecule has 0 radical (unpaired) electrons. The number of benzene rings is 2. The molecule has 1 fully saturated rings. The molecular weight excluding hydrogens is 336 g/mol. The number of rotatable bonds is 6. The molecule has 0 bridgehead atoms. The van der Waals surface area contributed by atoms with Crippen LogP contribution < -0.4 is 10.1 Å². The number of nitrogens with one attached hydrogen (secondary N) is 1. The quantitative estimate of drug-likeness (QED) is 0.851. The van der Waals surface area contributed by atoms with Crippen LogP contribution in [0.5, 0.6) is 5.75 Å². The molecule has 1 aliphatic rings. The SMILES string of the molecule is COc1ccccc1C(=O)NC[C@H](c1ccccc1Cl)N1CCCC1. The highest BCUT2D eigenvalue weighted by Gasteiger charge is 2.26. The second-order valence-electron chi connectivity index (χ2n) is 6.19. The van der Waals surface area contributed by atoms with E-state index in [1.54, 1.807) is 19.2 Å². The molecule has 1 aliphatic heterocycles. The number of ether oxygens (including phenoxy) is 1. The van der Waals surface area contributed by atoms with Crippen LogP contribution in [0, 0.1) is 0 Å². The molecule has 2 aromatic carbocycles. The Kier molecular flexibility index (Phi) is 5.95. The molecule has 0 unspecified atom stereocenters. The zero-order valence-corrected chi connectivity index (χ0v) is 15.1. The molecule has 1 heterocycles. The highest BCUT2D eigenvalue weighted by Crippen LogP contribution is 2.30. The van der Waals surface area contributed by atoms with E-state index in [0.29, 0.717) is 17.9 Å². The minimum atomic E-state index is -0.131. The third-order valence-corrected chi connectivity index (χ3v) is 5.00.